The second-order valence-electron chi connectivity index (χ2n) is 4.93. The van der Waals surface area contributed by atoms with Crippen molar-refractivity contribution in [3.63, 3.8) is 0 Å². The maximum atomic E-state index is 11.9. The number of nitriles is 1. The zero-order valence-electron chi connectivity index (χ0n) is 11.3. The fourth-order valence-corrected chi connectivity index (χ4v) is 2.01. The zero-order chi connectivity index (χ0) is 13.4. The van der Waals surface area contributed by atoms with Crippen LogP contribution in [0.4, 0.5) is 0 Å². The number of rotatable bonds is 6. The number of nitrogens with one attached hydrogen (secondary N) is 1. The highest BCUT2D eigenvalue weighted by Crippen LogP contribution is 2.06. The summed E-state index contributed by atoms with van der Waals surface area (Å²) < 4.78 is 5.26. The Bertz CT molecular complexity index is 293. The number of hydrogen-bond acceptors (Lipinski definition) is 4. The van der Waals surface area contributed by atoms with E-state index in [2.05, 4.69) is 11.4 Å². The van der Waals surface area contributed by atoms with Crippen LogP contribution in [-0.4, -0.2) is 49.2 Å². The maximum absolute atomic E-state index is 11.9. The fraction of sp³-hybridized carbons (Fsp3) is 0.846. The Labute approximate surface area is 109 Å². The van der Waals surface area contributed by atoms with Crippen molar-refractivity contribution in [3.05, 3.63) is 0 Å². The molecule has 0 atom stereocenters. The van der Waals surface area contributed by atoms with Crippen molar-refractivity contribution in [1.29, 1.82) is 5.26 Å². The molecule has 0 saturated carbocycles. The van der Waals surface area contributed by atoms with Crippen LogP contribution in [0.3, 0.4) is 0 Å². The molecule has 0 spiro atoms. The third-order valence-electron chi connectivity index (χ3n) is 3.17. The minimum absolute atomic E-state index is 0.0496. The van der Waals surface area contributed by atoms with E-state index in [0.717, 1.165) is 26.1 Å². The average Bonchev–Trinajstić information content (AvgIpc) is 2.35. The molecule has 0 radical (unpaired) electrons. The van der Waals surface area contributed by atoms with E-state index < -0.39 is 0 Å². The van der Waals surface area contributed by atoms with Gasteiger partial charge >= 0.3 is 0 Å². The lowest BCUT2D eigenvalue weighted by atomic mass is 10.1. The van der Waals surface area contributed by atoms with E-state index in [-0.39, 0.29) is 18.0 Å². The van der Waals surface area contributed by atoms with Crippen LogP contribution >= 0.6 is 0 Å². The first-order valence-electron chi connectivity index (χ1n) is 6.61. The molecule has 18 heavy (non-hydrogen) atoms. The van der Waals surface area contributed by atoms with Crippen LogP contribution in [0.5, 0.6) is 0 Å². The molecule has 1 N–H and O–H groups in total. The molecule has 1 aliphatic rings. The van der Waals surface area contributed by atoms with E-state index in [1.54, 1.807) is 0 Å². The van der Waals surface area contributed by atoms with Crippen LogP contribution in [0.1, 0.15) is 33.1 Å². The van der Waals surface area contributed by atoms with Crippen molar-refractivity contribution in [3.8, 4) is 6.07 Å². The summed E-state index contributed by atoms with van der Waals surface area (Å²) in [5, 5.41) is 11.6. The Morgan fingerprint density at radius 2 is 2.17 bits per heavy atom. The molecule has 0 aromatic carbocycles. The molecule has 102 valence electrons. The number of hydrogen-bond donors (Lipinski definition) is 1. The van der Waals surface area contributed by atoms with Crippen molar-refractivity contribution in [2.24, 2.45) is 0 Å². The van der Waals surface area contributed by atoms with Gasteiger partial charge < -0.3 is 10.1 Å². The third-order valence-corrected chi connectivity index (χ3v) is 3.17. The van der Waals surface area contributed by atoms with Crippen molar-refractivity contribution in [2.45, 2.75) is 45.2 Å². The Hall–Kier alpha value is -1.12. The fourth-order valence-electron chi connectivity index (χ4n) is 2.01. The third kappa shape index (κ3) is 5.48. The van der Waals surface area contributed by atoms with Crippen molar-refractivity contribution < 1.29 is 9.53 Å². The van der Waals surface area contributed by atoms with Gasteiger partial charge in [0, 0.05) is 38.3 Å². The highest BCUT2D eigenvalue weighted by Gasteiger charge is 2.18. The minimum atomic E-state index is 0.0496. The monoisotopic (exact) mass is 253 g/mol. The summed E-state index contributed by atoms with van der Waals surface area (Å²) in [6.07, 6.45) is 2.25. The molecule has 1 fully saturated rings. The van der Waals surface area contributed by atoms with Crippen molar-refractivity contribution in [2.75, 3.05) is 26.3 Å². The van der Waals surface area contributed by atoms with Crippen LogP contribution in [-0.2, 0) is 9.53 Å². The Morgan fingerprint density at radius 1 is 1.50 bits per heavy atom. The average molecular weight is 253 g/mol. The van der Waals surface area contributed by atoms with Crippen LogP contribution in [0.15, 0.2) is 0 Å². The first-order chi connectivity index (χ1) is 8.63. The molecular weight excluding hydrogens is 230 g/mol. The lowest BCUT2D eigenvalue weighted by Gasteiger charge is -2.27. The second kappa shape index (κ2) is 8.06. The highest BCUT2D eigenvalue weighted by atomic mass is 16.5. The van der Waals surface area contributed by atoms with Crippen molar-refractivity contribution >= 4 is 5.91 Å². The molecule has 0 aromatic heterocycles. The summed E-state index contributed by atoms with van der Waals surface area (Å²) in [6.45, 7) is 6.56. The number of nitrogens with zero attached hydrogens (tertiary/aromatic N) is 2. The molecule has 0 unspecified atom stereocenters. The second-order valence-corrected chi connectivity index (χ2v) is 4.93. The van der Waals surface area contributed by atoms with Gasteiger partial charge in [0.2, 0.25) is 5.91 Å². The van der Waals surface area contributed by atoms with Gasteiger partial charge in [-0.05, 0) is 26.7 Å². The predicted octanol–water partition coefficient (Wildman–Crippen LogP) is 0.906. The molecule has 1 rings (SSSR count). The molecule has 0 bridgehead atoms. The Balaban J connectivity index is 2.33. The largest absolute Gasteiger partial charge is 0.381 e. The molecule has 1 aliphatic heterocycles. The Kier molecular flexibility index (Phi) is 6.69. The summed E-state index contributed by atoms with van der Waals surface area (Å²) in [5.74, 6) is 0.0496. The summed E-state index contributed by atoms with van der Waals surface area (Å²) in [6, 6.07) is 2.64. The van der Waals surface area contributed by atoms with Gasteiger partial charge in [0.25, 0.3) is 0 Å². The van der Waals surface area contributed by atoms with Gasteiger partial charge in [0.1, 0.15) is 0 Å². The van der Waals surface area contributed by atoms with E-state index in [1.165, 1.54) is 0 Å². The quantitative estimate of drug-likeness (QED) is 0.764. The Morgan fingerprint density at radius 3 is 2.72 bits per heavy atom. The van der Waals surface area contributed by atoms with E-state index in [9.17, 15) is 4.79 Å². The summed E-state index contributed by atoms with van der Waals surface area (Å²) in [7, 11) is 0. The molecule has 1 amide bonds. The molecule has 0 aromatic rings. The molecule has 5 nitrogen and oxygen atoms in total. The molecular formula is C13H23N3O2. The molecule has 0 aliphatic carbocycles. The topological polar surface area (TPSA) is 65.4 Å². The summed E-state index contributed by atoms with van der Waals surface area (Å²) in [4.78, 5) is 13.9. The first-order valence-corrected chi connectivity index (χ1v) is 6.61. The number of amides is 1. The van der Waals surface area contributed by atoms with Gasteiger partial charge in [-0.3, -0.25) is 9.69 Å². The molecule has 1 heterocycles. The standard InChI is InChI=1S/C13H23N3O2/c1-11(2)16(7-3-6-14)10-13(17)15-12-4-8-18-9-5-12/h11-12H,3-5,7-10H2,1-2H3,(H,15,17). The van der Waals surface area contributed by atoms with Gasteiger partial charge in [0.05, 0.1) is 12.6 Å². The predicted molar refractivity (Wildman–Crippen MR) is 68.9 cm³/mol. The normalized spacial score (nSPS) is 16.8. The van der Waals surface area contributed by atoms with E-state index in [4.69, 9.17) is 10.00 Å². The zero-order valence-corrected chi connectivity index (χ0v) is 11.3. The van der Waals surface area contributed by atoms with Gasteiger partial charge in [-0.1, -0.05) is 0 Å². The first kappa shape index (κ1) is 14.9. The van der Waals surface area contributed by atoms with Crippen molar-refractivity contribution in [1.82, 2.24) is 10.2 Å². The molecule has 5 heteroatoms. The van der Waals surface area contributed by atoms with Crippen LogP contribution < -0.4 is 5.32 Å². The van der Waals surface area contributed by atoms with Crippen LogP contribution in [0, 0.1) is 11.3 Å². The van der Waals surface area contributed by atoms with Gasteiger partial charge in [-0.15, -0.1) is 0 Å². The van der Waals surface area contributed by atoms with Crippen LogP contribution in [0.25, 0.3) is 0 Å². The number of carbonyl (C=O) groups is 1. The number of ether oxygens (including phenoxy) is 1. The SMILES string of the molecule is CC(C)N(CCC#N)CC(=O)NC1CCOCC1. The summed E-state index contributed by atoms with van der Waals surface area (Å²) in [5.41, 5.74) is 0. The van der Waals surface area contributed by atoms with Gasteiger partial charge in [-0.25, -0.2) is 0 Å². The minimum Gasteiger partial charge on any atom is -0.381 e. The highest BCUT2D eigenvalue weighted by molar-refractivity contribution is 5.78. The lowest BCUT2D eigenvalue weighted by molar-refractivity contribution is -0.124. The van der Waals surface area contributed by atoms with E-state index in [1.807, 2.05) is 18.7 Å². The number of carbonyl (C=O) groups excluding carboxylic acids is 1. The van der Waals surface area contributed by atoms with Gasteiger partial charge in [0.15, 0.2) is 0 Å². The van der Waals surface area contributed by atoms with Crippen LogP contribution in [0.2, 0.25) is 0 Å². The maximum Gasteiger partial charge on any atom is 0.234 e. The van der Waals surface area contributed by atoms with E-state index >= 15 is 0 Å². The smallest absolute Gasteiger partial charge is 0.234 e. The van der Waals surface area contributed by atoms with E-state index in [0.29, 0.717) is 19.5 Å². The lowest BCUT2D eigenvalue weighted by Crippen LogP contribution is -2.46. The van der Waals surface area contributed by atoms with Gasteiger partial charge in [-0.2, -0.15) is 5.26 Å². The molecule has 1 saturated heterocycles. The summed E-state index contributed by atoms with van der Waals surface area (Å²) >= 11 is 0.